The summed E-state index contributed by atoms with van der Waals surface area (Å²) in [4.78, 5) is 1.39. The van der Waals surface area contributed by atoms with E-state index < -0.39 is 0 Å². The largest absolute Gasteiger partial charge is 0.144 e. The fraction of sp³-hybridized carbons (Fsp3) is 0.200. The van der Waals surface area contributed by atoms with Crippen molar-refractivity contribution in [2.45, 2.75) is 27.7 Å². The molecule has 0 saturated carbocycles. The molecule has 0 nitrogen and oxygen atoms in total. The second kappa shape index (κ2) is 8.11. The first-order valence-electron chi connectivity index (χ1n) is 7.61. The van der Waals surface area contributed by atoms with E-state index in [1.54, 1.807) is 11.3 Å². The van der Waals surface area contributed by atoms with E-state index in [2.05, 4.69) is 73.8 Å². The molecule has 0 radical (unpaired) electrons. The van der Waals surface area contributed by atoms with Gasteiger partial charge in [-0.3, -0.25) is 0 Å². The third kappa shape index (κ3) is 4.19. The molecule has 0 saturated heterocycles. The summed E-state index contributed by atoms with van der Waals surface area (Å²) in [5, 5.41) is 4.86. The van der Waals surface area contributed by atoms with Gasteiger partial charge in [0.15, 0.2) is 0 Å². The summed E-state index contributed by atoms with van der Waals surface area (Å²) in [5.41, 5.74) is 1.34. The maximum atomic E-state index is 2.22. The van der Waals surface area contributed by atoms with E-state index >= 15 is 0 Å². The first-order chi connectivity index (χ1) is 10.7. The standard InChI is InChI=1S/2C9H8S.C2H6/c1-7-2-3-9-8(6-7)4-5-10-9;1-7-6-8-4-2-3-5-9(8)10-7;1-2/h2*2-6H,1H3;1-2H3. The van der Waals surface area contributed by atoms with Crippen molar-refractivity contribution >= 4 is 42.8 Å². The highest BCUT2D eigenvalue weighted by molar-refractivity contribution is 7.19. The van der Waals surface area contributed by atoms with Gasteiger partial charge in [0.2, 0.25) is 0 Å². The highest BCUT2D eigenvalue weighted by atomic mass is 32.1. The number of hydrogen-bond donors (Lipinski definition) is 0. The van der Waals surface area contributed by atoms with Crippen molar-refractivity contribution in [3.8, 4) is 0 Å². The number of rotatable bonds is 0. The van der Waals surface area contributed by atoms with Gasteiger partial charge in [0.05, 0.1) is 0 Å². The summed E-state index contributed by atoms with van der Waals surface area (Å²) in [6.07, 6.45) is 0. The lowest BCUT2D eigenvalue weighted by atomic mass is 10.2. The van der Waals surface area contributed by atoms with Gasteiger partial charge in [0.1, 0.15) is 0 Å². The molecule has 0 N–H and O–H groups in total. The number of aryl methyl sites for hydroxylation is 2. The number of hydrogen-bond acceptors (Lipinski definition) is 2. The summed E-state index contributed by atoms with van der Waals surface area (Å²) in [7, 11) is 0. The third-order valence-electron chi connectivity index (χ3n) is 3.16. The van der Waals surface area contributed by atoms with Crippen LogP contribution in [0.3, 0.4) is 0 Å². The Hall–Kier alpha value is -1.64. The average Bonchev–Trinajstić information content (AvgIpc) is 3.14. The van der Waals surface area contributed by atoms with Crippen molar-refractivity contribution in [1.29, 1.82) is 0 Å². The van der Waals surface area contributed by atoms with Crippen LogP contribution in [0, 0.1) is 13.8 Å². The first kappa shape index (κ1) is 16.7. The quantitative estimate of drug-likeness (QED) is 0.315. The van der Waals surface area contributed by atoms with Crippen LogP contribution in [0.4, 0.5) is 0 Å². The summed E-state index contributed by atoms with van der Waals surface area (Å²) >= 11 is 3.65. The lowest BCUT2D eigenvalue weighted by Gasteiger charge is -1.89. The van der Waals surface area contributed by atoms with Gasteiger partial charge in [-0.1, -0.05) is 49.7 Å². The Balaban J connectivity index is 0.000000144. The van der Waals surface area contributed by atoms with E-state index in [0.717, 1.165) is 0 Å². The highest BCUT2D eigenvalue weighted by Crippen LogP contribution is 2.23. The molecule has 0 aliphatic carbocycles. The van der Waals surface area contributed by atoms with Crippen LogP contribution in [0.15, 0.2) is 60.0 Å². The molecule has 0 atom stereocenters. The fourth-order valence-corrected chi connectivity index (χ4v) is 3.90. The van der Waals surface area contributed by atoms with Crippen LogP contribution in [0.5, 0.6) is 0 Å². The molecule has 2 aromatic carbocycles. The van der Waals surface area contributed by atoms with Gasteiger partial charge in [-0.05, 0) is 54.3 Å². The van der Waals surface area contributed by atoms with Crippen molar-refractivity contribution in [3.63, 3.8) is 0 Å². The molecule has 2 aromatic heterocycles. The number of fused-ring (bicyclic) bond motifs is 2. The van der Waals surface area contributed by atoms with Crippen molar-refractivity contribution < 1.29 is 0 Å². The highest BCUT2D eigenvalue weighted by Gasteiger charge is 1.94. The zero-order valence-corrected chi connectivity index (χ0v) is 15.2. The zero-order chi connectivity index (χ0) is 15.9. The summed E-state index contributed by atoms with van der Waals surface area (Å²) in [6.45, 7) is 8.27. The molecule has 2 heteroatoms. The van der Waals surface area contributed by atoms with Crippen molar-refractivity contribution in [1.82, 2.24) is 0 Å². The van der Waals surface area contributed by atoms with Gasteiger partial charge in [0.25, 0.3) is 0 Å². The van der Waals surface area contributed by atoms with Crippen LogP contribution in [0.1, 0.15) is 24.3 Å². The molecule has 4 aromatic rings. The van der Waals surface area contributed by atoms with Crippen LogP contribution in [0.2, 0.25) is 0 Å². The van der Waals surface area contributed by atoms with Crippen molar-refractivity contribution in [3.05, 3.63) is 70.4 Å². The molecular formula is C20H22S2. The van der Waals surface area contributed by atoms with Crippen LogP contribution >= 0.6 is 22.7 Å². The Kier molecular flexibility index (Phi) is 6.17. The van der Waals surface area contributed by atoms with E-state index in [1.165, 1.54) is 30.6 Å². The van der Waals surface area contributed by atoms with Crippen LogP contribution < -0.4 is 0 Å². The third-order valence-corrected chi connectivity index (χ3v) is 5.09. The molecule has 0 amide bonds. The Morgan fingerprint density at radius 1 is 0.727 bits per heavy atom. The lowest BCUT2D eigenvalue weighted by Crippen LogP contribution is -1.67. The second-order valence-corrected chi connectivity index (χ2v) is 7.09. The molecule has 22 heavy (non-hydrogen) atoms. The topological polar surface area (TPSA) is 0 Å². The van der Waals surface area contributed by atoms with Gasteiger partial charge in [-0.15, -0.1) is 22.7 Å². The Morgan fingerprint density at radius 2 is 1.45 bits per heavy atom. The van der Waals surface area contributed by atoms with Gasteiger partial charge < -0.3 is 0 Å². The molecule has 0 fully saturated rings. The molecule has 0 aliphatic rings. The molecule has 4 rings (SSSR count). The molecule has 2 heterocycles. The van der Waals surface area contributed by atoms with E-state index in [-0.39, 0.29) is 0 Å². The van der Waals surface area contributed by atoms with E-state index in [9.17, 15) is 0 Å². The van der Waals surface area contributed by atoms with E-state index in [1.807, 2.05) is 25.2 Å². The van der Waals surface area contributed by atoms with Crippen LogP contribution in [0.25, 0.3) is 20.2 Å². The molecule has 0 bridgehead atoms. The average molecular weight is 327 g/mol. The van der Waals surface area contributed by atoms with Crippen LogP contribution in [-0.2, 0) is 0 Å². The van der Waals surface area contributed by atoms with Crippen LogP contribution in [-0.4, -0.2) is 0 Å². The normalized spacial score (nSPS) is 9.82. The minimum absolute atomic E-state index is 1.34. The molecule has 0 unspecified atom stereocenters. The van der Waals surface area contributed by atoms with Crippen molar-refractivity contribution in [2.75, 3.05) is 0 Å². The maximum Gasteiger partial charge on any atom is 0.0345 e. The van der Waals surface area contributed by atoms with Gasteiger partial charge in [-0.25, -0.2) is 0 Å². The zero-order valence-electron chi connectivity index (χ0n) is 13.6. The smallest absolute Gasteiger partial charge is 0.0345 e. The van der Waals surface area contributed by atoms with Gasteiger partial charge in [0, 0.05) is 14.3 Å². The number of thiophene rings is 2. The van der Waals surface area contributed by atoms with E-state index in [0.29, 0.717) is 0 Å². The maximum absolute atomic E-state index is 2.22. The Morgan fingerprint density at radius 3 is 2.23 bits per heavy atom. The number of benzene rings is 2. The van der Waals surface area contributed by atoms with E-state index in [4.69, 9.17) is 0 Å². The Labute approximate surface area is 141 Å². The SMILES string of the molecule is CC.Cc1cc2ccccc2s1.Cc1ccc2sccc2c1. The summed E-state index contributed by atoms with van der Waals surface area (Å²) < 4.78 is 2.77. The predicted octanol–water partition coefficient (Wildman–Crippen LogP) is 7.45. The first-order valence-corrected chi connectivity index (χ1v) is 9.31. The van der Waals surface area contributed by atoms with Crippen molar-refractivity contribution in [2.24, 2.45) is 0 Å². The minimum Gasteiger partial charge on any atom is -0.144 e. The summed E-state index contributed by atoms with van der Waals surface area (Å²) in [5.74, 6) is 0. The monoisotopic (exact) mass is 326 g/mol. The van der Waals surface area contributed by atoms with Gasteiger partial charge >= 0.3 is 0 Å². The minimum atomic E-state index is 1.34. The Bertz CT molecular complexity index is 804. The molecule has 0 aliphatic heterocycles. The second-order valence-electron chi connectivity index (χ2n) is 4.86. The fourth-order valence-electron chi connectivity index (χ4n) is 2.20. The molecule has 0 spiro atoms. The summed E-state index contributed by atoms with van der Waals surface area (Å²) in [6, 6.07) is 19.4. The predicted molar refractivity (Wildman–Crippen MR) is 104 cm³/mol. The lowest BCUT2D eigenvalue weighted by molar-refractivity contribution is 1.50. The van der Waals surface area contributed by atoms with Gasteiger partial charge in [-0.2, -0.15) is 0 Å². The molecule has 114 valence electrons. The molecular weight excluding hydrogens is 304 g/mol.